The summed E-state index contributed by atoms with van der Waals surface area (Å²) in [5, 5.41) is 0. The Morgan fingerprint density at radius 2 is 1.97 bits per heavy atom. The van der Waals surface area contributed by atoms with Crippen LogP contribution >= 0.6 is 0 Å². The smallest absolute Gasteiger partial charge is 0.283 e. The van der Waals surface area contributed by atoms with Crippen LogP contribution in [0.3, 0.4) is 0 Å². The molecule has 2 N–H and O–H groups in total. The van der Waals surface area contributed by atoms with Crippen molar-refractivity contribution >= 4 is 6.02 Å². The highest BCUT2D eigenvalue weighted by molar-refractivity contribution is 5.77. The van der Waals surface area contributed by atoms with E-state index in [1.54, 1.807) is 30.5 Å². The molecule has 1 unspecified atom stereocenters. The summed E-state index contributed by atoms with van der Waals surface area (Å²) in [5.41, 5.74) is 8.02. The normalized spacial score (nSPS) is 18.6. The molecule has 3 aromatic rings. The molecule has 1 atom stereocenters. The van der Waals surface area contributed by atoms with Crippen LogP contribution in [-0.4, -0.2) is 22.6 Å². The summed E-state index contributed by atoms with van der Waals surface area (Å²) in [6, 6.07) is 10.8. The van der Waals surface area contributed by atoms with Gasteiger partial charge in [0.2, 0.25) is 11.8 Å². The summed E-state index contributed by atoms with van der Waals surface area (Å²) < 4.78 is 26.1. The third-order valence-corrected chi connectivity index (χ3v) is 5.31. The average molecular weight is 428 g/mol. The Balaban J connectivity index is 1.70. The van der Waals surface area contributed by atoms with Gasteiger partial charge in [-0.25, -0.2) is 15.0 Å². The number of aromatic nitrogens is 2. The van der Waals surface area contributed by atoms with Gasteiger partial charge in [-0.3, -0.25) is 0 Å². The molecule has 32 heavy (non-hydrogen) atoms. The minimum atomic E-state index is -0.964. The first-order chi connectivity index (χ1) is 15.2. The summed E-state index contributed by atoms with van der Waals surface area (Å²) in [6.45, 7) is 6.31. The summed E-state index contributed by atoms with van der Waals surface area (Å²) >= 11 is 0. The van der Waals surface area contributed by atoms with Gasteiger partial charge in [-0.05, 0) is 56.7 Å². The molecular weight excluding hydrogens is 407 g/mol. The van der Waals surface area contributed by atoms with E-state index >= 15 is 0 Å². The topological polar surface area (TPSA) is 82.6 Å². The van der Waals surface area contributed by atoms with E-state index in [9.17, 15) is 4.39 Å². The van der Waals surface area contributed by atoms with Gasteiger partial charge in [0.15, 0.2) is 5.54 Å². The fourth-order valence-corrected chi connectivity index (χ4v) is 3.83. The van der Waals surface area contributed by atoms with Gasteiger partial charge in [0.05, 0.1) is 5.56 Å². The lowest BCUT2D eigenvalue weighted by Gasteiger charge is -2.33. The van der Waals surface area contributed by atoms with Crippen molar-refractivity contribution in [3.63, 3.8) is 0 Å². The largest absolute Gasteiger partial charge is 0.462 e. The molecule has 1 spiro atoms. The number of aliphatic imine (C=N–C) groups is 1. The molecule has 2 aliphatic rings. The molecule has 1 aromatic carbocycles. The fourth-order valence-electron chi connectivity index (χ4n) is 3.83. The van der Waals surface area contributed by atoms with Crippen molar-refractivity contribution in [1.82, 2.24) is 9.97 Å². The third kappa shape index (κ3) is 3.34. The second-order valence-corrected chi connectivity index (χ2v) is 8.83. The summed E-state index contributed by atoms with van der Waals surface area (Å²) in [6.07, 6.45) is 3.10. The van der Waals surface area contributed by atoms with E-state index in [0.717, 1.165) is 5.56 Å². The van der Waals surface area contributed by atoms with E-state index in [4.69, 9.17) is 15.2 Å². The average Bonchev–Trinajstić information content (AvgIpc) is 3.15. The molecule has 0 saturated heterocycles. The van der Waals surface area contributed by atoms with Crippen molar-refractivity contribution < 1.29 is 13.9 Å². The Kier molecular flexibility index (Phi) is 4.41. The molecule has 0 amide bonds. The molecule has 0 bridgehead atoms. The van der Waals surface area contributed by atoms with E-state index < -0.39 is 11.5 Å². The first-order valence-electron chi connectivity index (χ1n) is 10.2. The minimum Gasteiger partial charge on any atom is -0.462 e. The van der Waals surface area contributed by atoms with Crippen LogP contribution in [0.25, 0.3) is 11.1 Å². The molecule has 0 radical (unpaired) electrons. The minimum absolute atomic E-state index is 0.0768. The molecule has 0 saturated carbocycles. The van der Waals surface area contributed by atoms with E-state index in [1.165, 1.54) is 6.20 Å². The van der Waals surface area contributed by atoms with Gasteiger partial charge in [-0.2, -0.15) is 4.39 Å². The Morgan fingerprint density at radius 1 is 1.12 bits per heavy atom. The molecule has 2 aromatic heterocycles. The Labute approximate surface area is 185 Å². The van der Waals surface area contributed by atoms with Crippen molar-refractivity contribution in [3.05, 3.63) is 71.4 Å². The zero-order valence-electron chi connectivity index (χ0n) is 17.9. The van der Waals surface area contributed by atoms with Gasteiger partial charge >= 0.3 is 0 Å². The zero-order valence-corrected chi connectivity index (χ0v) is 17.9. The SMILES string of the molecule is CC(C)(C)C#Cc1cnc2c(c1)C1(COC(N)=N1)c1cc(-c3cccnc3F)ccc1O2. The number of amidine groups is 1. The van der Waals surface area contributed by atoms with Crippen molar-refractivity contribution in [1.29, 1.82) is 0 Å². The van der Waals surface area contributed by atoms with Gasteiger partial charge < -0.3 is 15.2 Å². The number of nitrogens with zero attached hydrogens (tertiary/aromatic N) is 3. The molecular formula is C25H21FN4O2. The molecule has 0 aliphatic carbocycles. The van der Waals surface area contributed by atoms with Crippen LogP contribution in [-0.2, 0) is 10.3 Å². The van der Waals surface area contributed by atoms with Crippen molar-refractivity contribution in [2.45, 2.75) is 26.3 Å². The Hall–Kier alpha value is -3.92. The number of rotatable bonds is 1. The number of benzene rings is 1. The van der Waals surface area contributed by atoms with Gasteiger partial charge in [0, 0.05) is 34.5 Å². The number of hydrogen-bond donors (Lipinski definition) is 1. The predicted molar refractivity (Wildman–Crippen MR) is 119 cm³/mol. The van der Waals surface area contributed by atoms with E-state index in [0.29, 0.717) is 33.9 Å². The molecule has 4 heterocycles. The first-order valence-corrected chi connectivity index (χ1v) is 10.2. The Bertz CT molecular complexity index is 1330. The molecule has 5 rings (SSSR count). The summed E-state index contributed by atoms with van der Waals surface area (Å²) in [4.78, 5) is 12.9. The lowest BCUT2D eigenvalue weighted by atomic mass is 9.81. The quantitative estimate of drug-likeness (QED) is 0.460. The maximum Gasteiger partial charge on any atom is 0.283 e. The summed E-state index contributed by atoms with van der Waals surface area (Å²) in [5.74, 6) is 6.82. The standard InChI is InChI=1S/C25H21FN4O2/c1-24(2,3)9-8-15-11-19-22(29-13-15)32-20-7-6-16(17-5-4-10-28-21(17)26)12-18(20)25(19)14-31-23(27)30-25/h4-7,10-13H,14H2,1-3H3,(H2,27,30). The predicted octanol–water partition coefficient (Wildman–Crippen LogP) is 4.37. The lowest BCUT2D eigenvalue weighted by Crippen LogP contribution is -2.31. The maximum absolute atomic E-state index is 14.4. The van der Waals surface area contributed by atoms with Crippen LogP contribution in [0.4, 0.5) is 4.39 Å². The number of ether oxygens (including phenoxy) is 2. The van der Waals surface area contributed by atoms with Crippen LogP contribution in [0.15, 0.2) is 53.8 Å². The second kappa shape index (κ2) is 7.06. The maximum atomic E-state index is 14.4. The van der Waals surface area contributed by atoms with Gasteiger partial charge in [0.1, 0.15) is 12.4 Å². The van der Waals surface area contributed by atoms with Crippen LogP contribution < -0.4 is 10.5 Å². The zero-order chi connectivity index (χ0) is 22.5. The second-order valence-electron chi connectivity index (χ2n) is 8.83. The molecule has 7 heteroatoms. The van der Waals surface area contributed by atoms with E-state index in [-0.39, 0.29) is 18.0 Å². The van der Waals surface area contributed by atoms with Crippen LogP contribution in [0.5, 0.6) is 11.6 Å². The van der Waals surface area contributed by atoms with Crippen molar-refractivity contribution in [2.24, 2.45) is 16.1 Å². The number of nitrogens with two attached hydrogens (primary N) is 1. The van der Waals surface area contributed by atoms with Gasteiger partial charge in [0.25, 0.3) is 6.02 Å². The van der Waals surface area contributed by atoms with Crippen molar-refractivity contribution in [3.8, 4) is 34.6 Å². The fraction of sp³-hybridized carbons (Fsp3) is 0.240. The van der Waals surface area contributed by atoms with E-state index in [2.05, 4.69) is 26.8 Å². The highest BCUT2D eigenvalue weighted by Crippen LogP contribution is 2.51. The molecule has 2 aliphatic heterocycles. The van der Waals surface area contributed by atoms with Crippen molar-refractivity contribution in [2.75, 3.05) is 6.61 Å². The number of halogens is 1. The third-order valence-electron chi connectivity index (χ3n) is 5.31. The highest BCUT2D eigenvalue weighted by Gasteiger charge is 2.47. The molecule has 160 valence electrons. The molecule has 0 fully saturated rings. The van der Waals surface area contributed by atoms with Crippen LogP contribution in [0.2, 0.25) is 0 Å². The van der Waals surface area contributed by atoms with Gasteiger partial charge in [-0.15, -0.1) is 0 Å². The van der Waals surface area contributed by atoms with Gasteiger partial charge in [-0.1, -0.05) is 17.9 Å². The van der Waals surface area contributed by atoms with Crippen LogP contribution in [0, 0.1) is 23.2 Å². The highest BCUT2D eigenvalue weighted by atomic mass is 19.1. The lowest BCUT2D eigenvalue weighted by molar-refractivity contribution is 0.262. The summed E-state index contributed by atoms with van der Waals surface area (Å²) in [7, 11) is 0. The first kappa shape index (κ1) is 20.0. The van der Waals surface area contributed by atoms with Crippen LogP contribution in [0.1, 0.15) is 37.5 Å². The number of pyridine rings is 2. The molecule has 6 nitrogen and oxygen atoms in total. The number of fused-ring (bicyclic) bond motifs is 4. The van der Waals surface area contributed by atoms with E-state index in [1.807, 2.05) is 32.9 Å². The Morgan fingerprint density at radius 3 is 2.69 bits per heavy atom. The number of hydrogen-bond acceptors (Lipinski definition) is 6. The monoisotopic (exact) mass is 428 g/mol.